The van der Waals surface area contributed by atoms with Crippen molar-refractivity contribution in [3.8, 4) is 5.75 Å². The average molecular weight is 415 g/mol. The van der Waals surface area contributed by atoms with Crippen molar-refractivity contribution in [2.24, 2.45) is 4.99 Å². The molecule has 1 heterocycles. The van der Waals surface area contributed by atoms with E-state index in [1.54, 1.807) is 12.0 Å². The molecule has 150 valence electrons. The van der Waals surface area contributed by atoms with Gasteiger partial charge < -0.3 is 4.74 Å². The summed E-state index contributed by atoms with van der Waals surface area (Å²) in [5, 5.41) is 0.644. The fourth-order valence-corrected chi connectivity index (χ4v) is 4.24. The molecular formula is C25H22N2O2S. The van der Waals surface area contributed by atoms with Crippen LogP contribution in [-0.4, -0.2) is 18.2 Å². The van der Waals surface area contributed by atoms with Crippen LogP contribution in [0.25, 0.3) is 6.08 Å². The van der Waals surface area contributed by atoms with Gasteiger partial charge in [-0.3, -0.25) is 9.69 Å². The molecule has 0 aliphatic carbocycles. The number of thioether (sulfide) groups is 1. The highest BCUT2D eigenvalue weighted by atomic mass is 32.2. The number of carbonyl (C=O) groups excluding carboxylic acids is 1. The van der Waals surface area contributed by atoms with E-state index < -0.39 is 0 Å². The third kappa shape index (κ3) is 4.31. The number of amidine groups is 1. The lowest BCUT2D eigenvalue weighted by molar-refractivity contribution is -0.113. The number of hydrogen-bond acceptors (Lipinski definition) is 4. The van der Waals surface area contributed by atoms with E-state index in [2.05, 4.69) is 0 Å². The Morgan fingerprint density at radius 3 is 2.40 bits per heavy atom. The van der Waals surface area contributed by atoms with E-state index in [0.717, 1.165) is 33.8 Å². The minimum absolute atomic E-state index is 0.0835. The molecule has 3 aromatic carbocycles. The first kappa shape index (κ1) is 20.0. The van der Waals surface area contributed by atoms with Crippen LogP contribution in [0.3, 0.4) is 0 Å². The molecule has 3 aromatic rings. The van der Waals surface area contributed by atoms with E-state index in [0.29, 0.717) is 10.1 Å². The highest BCUT2D eigenvalue weighted by Gasteiger charge is 2.34. The van der Waals surface area contributed by atoms with Gasteiger partial charge in [0, 0.05) is 0 Å². The van der Waals surface area contributed by atoms with Crippen molar-refractivity contribution in [3.05, 3.63) is 94.4 Å². The van der Waals surface area contributed by atoms with Crippen molar-refractivity contribution < 1.29 is 9.53 Å². The number of aliphatic imine (C=N–C) groups is 1. The number of amides is 1. The van der Waals surface area contributed by atoms with Crippen LogP contribution in [0.4, 0.5) is 11.4 Å². The van der Waals surface area contributed by atoms with Crippen LogP contribution in [0, 0.1) is 13.8 Å². The first-order valence-electron chi connectivity index (χ1n) is 9.63. The number of carbonyl (C=O) groups is 1. The number of nitrogens with zero attached hydrogens (tertiary/aromatic N) is 2. The number of benzene rings is 3. The Morgan fingerprint density at radius 1 is 0.933 bits per heavy atom. The van der Waals surface area contributed by atoms with Gasteiger partial charge in [-0.25, -0.2) is 4.99 Å². The van der Waals surface area contributed by atoms with Crippen molar-refractivity contribution in [2.45, 2.75) is 13.8 Å². The van der Waals surface area contributed by atoms with Gasteiger partial charge in [0.15, 0.2) is 5.17 Å². The summed E-state index contributed by atoms with van der Waals surface area (Å²) in [6.07, 6.45) is 1.89. The molecule has 0 unspecified atom stereocenters. The molecule has 0 radical (unpaired) electrons. The minimum atomic E-state index is -0.0835. The fourth-order valence-electron chi connectivity index (χ4n) is 3.23. The molecule has 1 aliphatic rings. The van der Waals surface area contributed by atoms with E-state index in [9.17, 15) is 4.79 Å². The van der Waals surface area contributed by atoms with Gasteiger partial charge in [-0.05, 0) is 84.8 Å². The summed E-state index contributed by atoms with van der Waals surface area (Å²) in [7, 11) is 1.63. The van der Waals surface area contributed by atoms with Gasteiger partial charge in [-0.2, -0.15) is 0 Å². The predicted molar refractivity (Wildman–Crippen MR) is 126 cm³/mol. The van der Waals surface area contributed by atoms with Gasteiger partial charge in [0.2, 0.25) is 0 Å². The molecule has 0 spiro atoms. The fraction of sp³-hybridized carbons (Fsp3) is 0.120. The van der Waals surface area contributed by atoms with E-state index in [-0.39, 0.29) is 5.91 Å². The number of methoxy groups -OCH3 is 1. The maximum atomic E-state index is 13.4. The lowest BCUT2D eigenvalue weighted by Gasteiger charge is -2.16. The smallest absolute Gasteiger partial charge is 0.271 e. The molecule has 0 aromatic heterocycles. The summed E-state index contributed by atoms with van der Waals surface area (Å²) in [4.78, 5) is 20.5. The number of hydrogen-bond donors (Lipinski definition) is 0. The first-order valence-corrected chi connectivity index (χ1v) is 10.5. The topological polar surface area (TPSA) is 41.9 Å². The predicted octanol–water partition coefficient (Wildman–Crippen LogP) is 6.12. The molecule has 1 fully saturated rings. The Morgan fingerprint density at radius 2 is 1.67 bits per heavy atom. The summed E-state index contributed by atoms with van der Waals surface area (Å²) in [6.45, 7) is 4.05. The molecule has 0 bridgehead atoms. The Hall–Kier alpha value is -3.31. The highest BCUT2D eigenvalue weighted by molar-refractivity contribution is 8.19. The van der Waals surface area contributed by atoms with Crippen LogP contribution in [-0.2, 0) is 4.79 Å². The molecular weight excluding hydrogens is 392 g/mol. The summed E-state index contributed by atoms with van der Waals surface area (Å²) in [5.74, 6) is 0.670. The number of aryl methyl sites for hydroxylation is 2. The summed E-state index contributed by atoms with van der Waals surface area (Å²) in [6, 6.07) is 23.5. The molecule has 1 saturated heterocycles. The maximum absolute atomic E-state index is 13.4. The van der Waals surface area contributed by atoms with E-state index in [1.165, 1.54) is 11.8 Å². The Bertz CT molecular complexity index is 1170. The van der Waals surface area contributed by atoms with Gasteiger partial charge in [-0.1, -0.05) is 36.4 Å². The van der Waals surface area contributed by atoms with Crippen molar-refractivity contribution in [1.29, 1.82) is 0 Å². The second-order valence-electron chi connectivity index (χ2n) is 7.10. The first-order chi connectivity index (χ1) is 14.5. The zero-order chi connectivity index (χ0) is 21.1. The van der Waals surface area contributed by atoms with Crippen LogP contribution in [0.5, 0.6) is 5.75 Å². The third-order valence-electron chi connectivity index (χ3n) is 4.68. The standard InChI is InChI=1S/C25H22N2O2S/c1-17-7-4-10-20(13-17)26-25-27(21-11-5-8-18(2)14-21)24(28)23(30-25)16-19-9-6-12-22(15-19)29-3/h4-16H,1-3H3. The molecule has 0 N–H and O–H groups in total. The zero-order valence-corrected chi connectivity index (χ0v) is 17.9. The van der Waals surface area contributed by atoms with Crippen molar-refractivity contribution in [3.63, 3.8) is 0 Å². The van der Waals surface area contributed by atoms with E-state index >= 15 is 0 Å². The van der Waals surface area contributed by atoms with E-state index in [1.807, 2.05) is 92.7 Å². The Labute approximate surface area is 180 Å². The second-order valence-corrected chi connectivity index (χ2v) is 8.11. The van der Waals surface area contributed by atoms with Gasteiger partial charge in [-0.15, -0.1) is 0 Å². The highest BCUT2D eigenvalue weighted by Crippen LogP contribution is 2.37. The summed E-state index contributed by atoms with van der Waals surface area (Å²) in [5.41, 5.74) is 4.76. The van der Waals surface area contributed by atoms with E-state index in [4.69, 9.17) is 9.73 Å². The van der Waals surface area contributed by atoms with Crippen LogP contribution in [0.1, 0.15) is 16.7 Å². The molecule has 4 nitrogen and oxygen atoms in total. The van der Waals surface area contributed by atoms with Crippen molar-refractivity contribution in [1.82, 2.24) is 0 Å². The Kier molecular flexibility index (Phi) is 5.72. The largest absolute Gasteiger partial charge is 0.497 e. The Balaban J connectivity index is 1.78. The third-order valence-corrected chi connectivity index (χ3v) is 5.65. The van der Waals surface area contributed by atoms with Crippen LogP contribution in [0.15, 0.2) is 82.7 Å². The van der Waals surface area contributed by atoms with Gasteiger partial charge in [0.05, 0.1) is 23.4 Å². The van der Waals surface area contributed by atoms with Gasteiger partial charge >= 0.3 is 0 Å². The maximum Gasteiger partial charge on any atom is 0.271 e. The molecule has 0 saturated carbocycles. The van der Waals surface area contributed by atoms with Crippen LogP contribution in [0.2, 0.25) is 0 Å². The molecule has 1 aliphatic heterocycles. The molecule has 5 heteroatoms. The lowest BCUT2D eigenvalue weighted by atomic mass is 10.2. The zero-order valence-electron chi connectivity index (χ0n) is 17.1. The normalized spacial score (nSPS) is 16.5. The molecule has 0 atom stereocenters. The van der Waals surface area contributed by atoms with Gasteiger partial charge in [0.1, 0.15) is 5.75 Å². The second kappa shape index (κ2) is 8.59. The lowest BCUT2D eigenvalue weighted by Crippen LogP contribution is -2.28. The minimum Gasteiger partial charge on any atom is -0.497 e. The monoisotopic (exact) mass is 414 g/mol. The van der Waals surface area contributed by atoms with Gasteiger partial charge in [0.25, 0.3) is 5.91 Å². The average Bonchev–Trinajstić information content (AvgIpc) is 3.03. The summed E-state index contributed by atoms with van der Waals surface area (Å²) < 4.78 is 5.31. The summed E-state index contributed by atoms with van der Waals surface area (Å²) >= 11 is 1.38. The van der Waals surface area contributed by atoms with Crippen LogP contribution >= 0.6 is 11.8 Å². The van der Waals surface area contributed by atoms with Crippen molar-refractivity contribution in [2.75, 3.05) is 12.0 Å². The number of ether oxygens (including phenoxy) is 1. The number of anilines is 1. The molecule has 30 heavy (non-hydrogen) atoms. The molecule has 4 rings (SSSR count). The quantitative estimate of drug-likeness (QED) is 0.483. The molecule has 1 amide bonds. The SMILES string of the molecule is COc1cccc(C=C2SC(=Nc3cccc(C)c3)N(c3cccc(C)c3)C2=O)c1. The van der Waals surface area contributed by atoms with Crippen molar-refractivity contribution >= 4 is 40.3 Å². The van der Waals surface area contributed by atoms with Crippen LogP contribution < -0.4 is 9.64 Å². The number of rotatable bonds is 4.